The monoisotopic (exact) mass is 451 g/mol. The van der Waals surface area contributed by atoms with Crippen molar-refractivity contribution in [2.45, 2.75) is 25.7 Å². The van der Waals surface area contributed by atoms with E-state index in [4.69, 9.17) is 0 Å². The van der Waals surface area contributed by atoms with Crippen LogP contribution in [0.15, 0.2) is 65.6 Å². The molecule has 0 saturated carbocycles. The van der Waals surface area contributed by atoms with Crippen molar-refractivity contribution in [3.63, 3.8) is 0 Å². The number of carbonyl (C=O) groups excluding carboxylic acids is 1. The maximum Gasteiger partial charge on any atom is 0.243 e. The molecule has 0 aliphatic carbocycles. The van der Waals surface area contributed by atoms with E-state index in [9.17, 15) is 13.2 Å². The fraction of sp³-hybridized carbons (Fsp3) is 0.320. The van der Waals surface area contributed by atoms with Gasteiger partial charge in [-0.1, -0.05) is 36.4 Å². The van der Waals surface area contributed by atoms with E-state index in [1.165, 1.54) is 4.31 Å². The highest BCUT2D eigenvalue weighted by Gasteiger charge is 2.30. The molecule has 0 N–H and O–H groups in total. The molecule has 7 heteroatoms. The molecule has 1 aliphatic rings. The van der Waals surface area contributed by atoms with Crippen LogP contribution in [0.4, 0.5) is 0 Å². The van der Waals surface area contributed by atoms with Crippen molar-refractivity contribution in [3.05, 3.63) is 83.2 Å². The Kier molecular flexibility index (Phi) is 6.33. The number of hydrogen-bond donors (Lipinski definition) is 0. The summed E-state index contributed by atoms with van der Waals surface area (Å²) in [6, 6.07) is 19.0. The van der Waals surface area contributed by atoms with Crippen molar-refractivity contribution >= 4 is 15.8 Å². The Morgan fingerprint density at radius 2 is 1.50 bits per heavy atom. The van der Waals surface area contributed by atoms with E-state index in [1.54, 1.807) is 12.1 Å². The number of rotatable bonds is 6. The maximum atomic E-state index is 13.1. The molecule has 1 saturated heterocycles. The molecular weight excluding hydrogens is 422 g/mol. The summed E-state index contributed by atoms with van der Waals surface area (Å²) >= 11 is 0. The Hall–Kier alpha value is -2.74. The van der Waals surface area contributed by atoms with Crippen LogP contribution < -0.4 is 0 Å². The topological polar surface area (TPSA) is 62.6 Å². The van der Waals surface area contributed by atoms with E-state index in [0.29, 0.717) is 31.1 Å². The Balaban J connectivity index is 1.43. The van der Waals surface area contributed by atoms with Gasteiger partial charge in [0, 0.05) is 48.8 Å². The molecule has 0 spiro atoms. The molecule has 168 valence electrons. The van der Waals surface area contributed by atoms with E-state index in [1.807, 2.05) is 74.2 Å². The van der Waals surface area contributed by atoms with Crippen LogP contribution in [0.5, 0.6) is 0 Å². The minimum atomic E-state index is -3.52. The number of hydrogen-bond acceptors (Lipinski definition) is 4. The van der Waals surface area contributed by atoms with E-state index in [2.05, 4.69) is 4.57 Å². The first kappa shape index (κ1) is 22.5. The second-order valence-electron chi connectivity index (χ2n) is 8.32. The van der Waals surface area contributed by atoms with Crippen LogP contribution in [-0.4, -0.2) is 60.7 Å². The number of nitrogens with zero attached hydrogens (tertiary/aromatic N) is 3. The number of aromatic nitrogens is 1. The van der Waals surface area contributed by atoms with Crippen molar-refractivity contribution < 1.29 is 13.2 Å². The average molecular weight is 452 g/mol. The van der Waals surface area contributed by atoms with Crippen molar-refractivity contribution in [2.24, 2.45) is 0 Å². The zero-order chi connectivity index (χ0) is 22.9. The third-order valence-corrected chi connectivity index (χ3v) is 8.21. The fourth-order valence-corrected chi connectivity index (χ4v) is 6.07. The van der Waals surface area contributed by atoms with Crippen molar-refractivity contribution in [3.8, 4) is 5.69 Å². The highest BCUT2D eigenvalue weighted by atomic mass is 32.2. The molecule has 0 unspecified atom stereocenters. The van der Waals surface area contributed by atoms with Crippen LogP contribution in [0.2, 0.25) is 0 Å². The molecule has 6 nitrogen and oxygen atoms in total. The van der Waals surface area contributed by atoms with Gasteiger partial charge in [-0.25, -0.2) is 8.42 Å². The summed E-state index contributed by atoms with van der Waals surface area (Å²) < 4.78 is 29.7. The number of ketones is 1. The standard InChI is InChI=1S/C25H29N3O3S/c1-19-9-7-8-12-25(19)32(30,31)27-15-13-26(14-16-27)18-24(29)23-17-20(2)28(21(23)3)22-10-5-4-6-11-22/h4-12,17H,13-16,18H2,1-3H3. The van der Waals surface area contributed by atoms with Crippen LogP contribution in [-0.2, 0) is 10.0 Å². The fourth-order valence-electron chi connectivity index (χ4n) is 4.42. The molecule has 1 fully saturated rings. The molecular formula is C25H29N3O3S. The molecule has 1 aromatic heterocycles. The number of Topliss-reactive ketones (excluding diaryl/α,β-unsaturated/α-hetero) is 1. The minimum Gasteiger partial charge on any atom is -0.318 e. The third kappa shape index (κ3) is 4.28. The molecule has 1 aliphatic heterocycles. The second kappa shape index (κ2) is 9.02. The van der Waals surface area contributed by atoms with Gasteiger partial charge in [0.1, 0.15) is 0 Å². The minimum absolute atomic E-state index is 0.0653. The first-order valence-electron chi connectivity index (χ1n) is 10.8. The van der Waals surface area contributed by atoms with E-state index >= 15 is 0 Å². The maximum absolute atomic E-state index is 13.1. The van der Waals surface area contributed by atoms with Crippen LogP contribution in [0.25, 0.3) is 5.69 Å². The highest BCUT2D eigenvalue weighted by Crippen LogP contribution is 2.23. The number of sulfonamides is 1. The average Bonchev–Trinajstić information content (AvgIpc) is 3.09. The summed E-state index contributed by atoms with van der Waals surface area (Å²) in [6.07, 6.45) is 0. The van der Waals surface area contributed by atoms with Gasteiger partial charge in [-0.2, -0.15) is 4.31 Å². The van der Waals surface area contributed by atoms with Crippen LogP contribution >= 0.6 is 0 Å². The molecule has 32 heavy (non-hydrogen) atoms. The molecule has 2 heterocycles. The SMILES string of the molecule is Cc1ccccc1S(=O)(=O)N1CCN(CC(=O)c2cc(C)n(-c3ccccc3)c2C)CC1. The largest absolute Gasteiger partial charge is 0.318 e. The predicted molar refractivity (Wildman–Crippen MR) is 126 cm³/mol. The molecule has 4 rings (SSSR count). The van der Waals surface area contributed by atoms with Crippen molar-refractivity contribution in [1.82, 2.24) is 13.8 Å². The van der Waals surface area contributed by atoms with Gasteiger partial charge in [-0.05, 0) is 50.6 Å². The summed E-state index contributed by atoms with van der Waals surface area (Å²) in [5.74, 6) is 0.0653. The molecule has 0 radical (unpaired) electrons. The summed E-state index contributed by atoms with van der Waals surface area (Å²) in [6.45, 7) is 7.92. The lowest BCUT2D eigenvalue weighted by Gasteiger charge is -2.33. The number of aryl methyl sites for hydroxylation is 2. The Labute approximate surface area is 190 Å². The van der Waals surface area contributed by atoms with Gasteiger partial charge in [0.2, 0.25) is 10.0 Å². The third-order valence-electron chi connectivity index (χ3n) is 6.16. The summed E-state index contributed by atoms with van der Waals surface area (Å²) in [5.41, 5.74) is 4.46. The lowest BCUT2D eigenvalue weighted by Crippen LogP contribution is -2.49. The van der Waals surface area contributed by atoms with Gasteiger partial charge in [-0.3, -0.25) is 9.69 Å². The Morgan fingerprint density at radius 1 is 0.875 bits per heavy atom. The number of carbonyl (C=O) groups is 1. The molecule has 3 aromatic rings. The molecule has 0 atom stereocenters. The van der Waals surface area contributed by atoms with Crippen molar-refractivity contribution in [2.75, 3.05) is 32.7 Å². The lowest BCUT2D eigenvalue weighted by molar-refractivity contribution is 0.0901. The first-order chi connectivity index (χ1) is 15.3. The zero-order valence-corrected chi connectivity index (χ0v) is 19.6. The lowest BCUT2D eigenvalue weighted by atomic mass is 10.1. The summed E-state index contributed by atoms with van der Waals surface area (Å²) in [4.78, 5) is 15.5. The van der Waals surface area contributed by atoms with Gasteiger partial charge in [0.15, 0.2) is 5.78 Å². The van der Waals surface area contributed by atoms with E-state index < -0.39 is 10.0 Å². The van der Waals surface area contributed by atoms with Gasteiger partial charge in [0.25, 0.3) is 0 Å². The summed E-state index contributed by atoms with van der Waals surface area (Å²) in [5, 5.41) is 0. The van der Waals surface area contributed by atoms with E-state index in [-0.39, 0.29) is 12.3 Å². The predicted octanol–water partition coefficient (Wildman–Crippen LogP) is 3.59. The number of benzene rings is 2. The van der Waals surface area contributed by atoms with Gasteiger partial charge in [0.05, 0.1) is 11.4 Å². The molecule has 0 amide bonds. The summed E-state index contributed by atoms with van der Waals surface area (Å²) in [7, 11) is -3.52. The number of piperazine rings is 1. The number of para-hydroxylation sites is 1. The first-order valence-corrected chi connectivity index (χ1v) is 12.3. The normalized spacial score (nSPS) is 15.7. The smallest absolute Gasteiger partial charge is 0.243 e. The van der Waals surface area contributed by atoms with Crippen molar-refractivity contribution in [1.29, 1.82) is 0 Å². The van der Waals surface area contributed by atoms with Gasteiger partial charge >= 0.3 is 0 Å². The zero-order valence-electron chi connectivity index (χ0n) is 18.8. The van der Waals surface area contributed by atoms with Gasteiger partial charge < -0.3 is 4.57 Å². The van der Waals surface area contributed by atoms with E-state index in [0.717, 1.165) is 28.2 Å². The van der Waals surface area contributed by atoms with Gasteiger partial charge in [-0.15, -0.1) is 0 Å². The molecule has 0 bridgehead atoms. The quantitative estimate of drug-likeness (QED) is 0.538. The van der Waals surface area contributed by atoms with Crippen LogP contribution in [0, 0.1) is 20.8 Å². The highest BCUT2D eigenvalue weighted by molar-refractivity contribution is 7.89. The Bertz CT molecular complexity index is 1220. The molecule has 2 aromatic carbocycles. The van der Waals surface area contributed by atoms with Crippen LogP contribution in [0.3, 0.4) is 0 Å². The van der Waals surface area contributed by atoms with Crippen LogP contribution in [0.1, 0.15) is 27.3 Å². The Morgan fingerprint density at radius 3 is 2.16 bits per heavy atom. The second-order valence-corrected chi connectivity index (χ2v) is 10.2.